The summed E-state index contributed by atoms with van der Waals surface area (Å²) in [5.74, 6) is 0.936. The predicted molar refractivity (Wildman–Crippen MR) is 84.1 cm³/mol. The van der Waals surface area contributed by atoms with Gasteiger partial charge in [-0.15, -0.1) is 11.3 Å². The first-order chi connectivity index (χ1) is 10.1. The summed E-state index contributed by atoms with van der Waals surface area (Å²) in [7, 11) is 0. The molecule has 0 amide bonds. The highest BCUT2D eigenvalue weighted by Gasteiger charge is 2.17. The summed E-state index contributed by atoms with van der Waals surface area (Å²) in [6.45, 7) is 6.08. The summed E-state index contributed by atoms with van der Waals surface area (Å²) in [6, 6.07) is 4.05. The molecule has 108 valence electrons. The van der Waals surface area contributed by atoms with Gasteiger partial charge < -0.3 is 10.3 Å². The highest BCUT2D eigenvalue weighted by Crippen LogP contribution is 2.34. The van der Waals surface area contributed by atoms with E-state index in [-0.39, 0.29) is 0 Å². The summed E-state index contributed by atoms with van der Waals surface area (Å²) < 4.78 is 5.35. The second-order valence-corrected chi connectivity index (χ2v) is 6.11. The maximum absolute atomic E-state index is 6.02. The van der Waals surface area contributed by atoms with Crippen molar-refractivity contribution < 1.29 is 4.52 Å². The van der Waals surface area contributed by atoms with Gasteiger partial charge in [0.1, 0.15) is 5.69 Å². The average Bonchev–Trinajstić information content (AvgIpc) is 3.05. The van der Waals surface area contributed by atoms with Crippen LogP contribution in [-0.2, 0) is 6.42 Å². The first-order valence-electron chi connectivity index (χ1n) is 6.74. The van der Waals surface area contributed by atoms with Gasteiger partial charge in [-0.2, -0.15) is 4.98 Å². The number of aromatic nitrogens is 3. The first kappa shape index (κ1) is 13.8. The number of pyridine rings is 1. The zero-order valence-corrected chi connectivity index (χ0v) is 13.0. The van der Waals surface area contributed by atoms with Crippen molar-refractivity contribution in [2.24, 2.45) is 0 Å². The van der Waals surface area contributed by atoms with E-state index < -0.39 is 0 Å². The van der Waals surface area contributed by atoms with Crippen molar-refractivity contribution in [3.8, 4) is 23.0 Å². The van der Waals surface area contributed by atoms with E-state index in [1.54, 1.807) is 17.5 Å². The summed E-state index contributed by atoms with van der Waals surface area (Å²) in [5.41, 5.74) is 9.69. The molecule has 0 atom stereocenters. The van der Waals surface area contributed by atoms with Crippen molar-refractivity contribution in [1.29, 1.82) is 0 Å². The van der Waals surface area contributed by atoms with Gasteiger partial charge in [0.2, 0.25) is 5.82 Å². The Bertz CT molecular complexity index is 791. The van der Waals surface area contributed by atoms with E-state index in [0.29, 0.717) is 16.7 Å². The molecule has 21 heavy (non-hydrogen) atoms. The molecule has 0 aliphatic rings. The Labute approximate surface area is 126 Å². The lowest BCUT2D eigenvalue weighted by Gasteiger charge is -2.00. The standard InChI is InChI=1S/C15H16N4OS/c1-4-10-6-11(13(16)21-10)15-18-14(19-20-15)12-9(3)5-8(2)7-17-12/h5-7H,4,16H2,1-3H3. The van der Waals surface area contributed by atoms with E-state index in [9.17, 15) is 0 Å². The van der Waals surface area contributed by atoms with Gasteiger partial charge in [-0.1, -0.05) is 18.1 Å². The van der Waals surface area contributed by atoms with Crippen molar-refractivity contribution in [3.05, 3.63) is 34.3 Å². The number of rotatable bonds is 3. The monoisotopic (exact) mass is 300 g/mol. The van der Waals surface area contributed by atoms with Crippen LogP contribution in [0.5, 0.6) is 0 Å². The minimum atomic E-state index is 0.445. The van der Waals surface area contributed by atoms with Crippen LogP contribution in [0.3, 0.4) is 0 Å². The number of nitrogens with two attached hydrogens (primary N) is 1. The van der Waals surface area contributed by atoms with E-state index >= 15 is 0 Å². The molecule has 0 spiro atoms. The van der Waals surface area contributed by atoms with E-state index in [1.165, 1.54) is 4.88 Å². The van der Waals surface area contributed by atoms with Crippen molar-refractivity contribution in [2.45, 2.75) is 27.2 Å². The van der Waals surface area contributed by atoms with Crippen LogP contribution in [0.25, 0.3) is 23.0 Å². The van der Waals surface area contributed by atoms with Crippen molar-refractivity contribution >= 4 is 16.3 Å². The van der Waals surface area contributed by atoms with Crippen LogP contribution in [0.1, 0.15) is 22.9 Å². The van der Waals surface area contributed by atoms with E-state index in [2.05, 4.69) is 22.0 Å². The Balaban J connectivity index is 2.01. The lowest BCUT2D eigenvalue weighted by molar-refractivity contribution is 0.432. The minimum Gasteiger partial charge on any atom is -0.390 e. The third-order valence-corrected chi connectivity index (χ3v) is 4.35. The third kappa shape index (κ3) is 2.54. The number of nitrogens with zero attached hydrogens (tertiary/aromatic N) is 3. The summed E-state index contributed by atoms with van der Waals surface area (Å²) in [5, 5.41) is 4.73. The number of hydrogen-bond acceptors (Lipinski definition) is 6. The molecule has 3 aromatic rings. The fraction of sp³-hybridized carbons (Fsp3) is 0.267. The molecule has 0 radical (unpaired) electrons. The molecule has 6 heteroatoms. The number of hydrogen-bond donors (Lipinski definition) is 1. The molecule has 0 unspecified atom stereocenters. The maximum Gasteiger partial charge on any atom is 0.261 e. The molecule has 2 N–H and O–H groups in total. The van der Waals surface area contributed by atoms with Gasteiger partial charge in [0.15, 0.2) is 0 Å². The SMILES string of the molecule is CCc1cc(-c2nc(-c3ncc(C)cc3C)no2)c(N)s1. The van der Waals surface area contributed by atoms with Crippen LogP contribution in [0.15, 0.2) is 22.9 Å². The Morgan fingerprint density at radius 3 is 2.76 bits per heavy atom. The molecule has 0 saturated heterocycles. The normalized spacial score (nSPS) is 11.0. The predicted octanol–water partition coefficient (Wildman–Crippen LogP) is 3.62. The largest absolute Gasteiger partial charge is 0.390 e. The number of aryl methyl sites for hydroxylation is 3. The minimum absolute atomic E-state index is 0.445. The molecular weight excluding hydrogens is 284 g/mol. The molecule has 0 aromatic carbocycles. The molecule has 0 aliphatic carbocycles. The quantitative estimate of drug-likeness (QED) is 0.799. The highest BCUT2D eigenvalue weighted by atomic mass is 32.1. The van der Waals surface area contributed by atoms with Crippen LogP contribution >= 0.6 is 11.3 Å². The zero-order valence-electron chi connectivity index (χ0n) is 12.2. The number of nitrogen functional groups attached to an aromatic ring is 1. The molecule has 0 aliphatic heterocycles. The van der Waals surface area contributed by atoms with Crippen LogP contribution < -0.4 is 5.73 Å². The lowest BCUT2D eigenvalue weighted by Crippen LogP contribution is -1.91. The third-order valence-electron chi connectivity index (χ3n) is 3.24. The number of anilines is 1. The topological polar surface area (TPSA) is 77.8 Å². The first-order valence-corrected chi connectivity index (χ1v) is 7.56. The van der Waals surface area contributed by atoms with Crippen LogP contribution in [0.2, 0.25) is 0 Å². The van der Waals surface area contributed by atoms with Gasteiger partial charge in [0.05, 0.1) is 10.6 Å². The van der Waals surface area contributed by atoms with Crippen LogP contribution in [0.4, 0.5) is 5.00 Å². The average molecular weight is 300 g/mol. The van der Waals surface area contributed by atoms with Gasteiger partial charge in [0, 0.05) is 11.1 Å². The highest BCUT2D eigenvalue weighted by molar-refractivity contribution is 7.16. The molecule has 0 fully saturated rings. The molecule has 0 bridgehead atoms. The molecular formula is C15H16N4OS. The molecule has 3 rings (SSSR count). The summed E-state index contributed by atoms with van der Waals surface area (Å²) in [6.07, 6.45) is 2.74. The smallest absolute Gasteiger partial charge is 0.261 e. The zero-order chi connectivity index (χ0) is 15.0. The second kappa shape index (κ2) is 5.29. The van der Waals surface area contributed by atoms with Gasteiger partial charge >= 0.3 is 0 Å². The summed E-state index contributed by atoms with van der Waals surface area (Å²) >= 11 is 1.55. The number of thiophene rings is 1. The summed E-state index contributed by atoms with van der Waals surface area (Å²) in [4.78, 5) is 10.0. The van der Waals surface area contributed by atoms with Gasteiger partial charge in [-0.3, -0.25) is 4.98 Å². The molecule has 5 nitrogen and oxygen atoms in total. The van der Waals surface area contributed by atoms with Crippen molar-refractivity contribution in [2.75, 3.05) is 5.73 Å². The van der Waals surface area contributed by atoms with E-state index in [0.717, 1.165) is 28.8 Å². The van der Waals surface area contributed by atoms with Gasteiger partial charge in [-0.25, -0.2) is 0 Å². The van der Waals surface area contributed by atoms with E-state index in [4.69, 9.17) is 10.3 Å². The van der Waals surface area contributed by atoms with Crippen LogP contribution in [-0.4, -0.2) is 15.1 Å². The van der Waals surface area contributed by atoms with Gasteiger partial charge in [-0.05, 0) is 37.5 Å². The fourth-order valence-corrected chi connectivity index (χ4v) is 3.04. The van der Waals surface area contributed by atoms with Crippen molar-refractivity contribution in [3.63, 3.8) is 0 Å². The van der Waals surface area contributed by atoms with E-state index in [1.807, 2.05) is 26.0 Å². The molecule has 3 aromatic heterocycles. The Morgan fingerprint density at radius 1 is 1.29 bits per heavy atom. The Morgan fingerprint density at radius 2 is 2.10 bits per heavy atom. The second-order valence-electron chi connectivity index (χ2n) is 4.95. The fourth-order valence-electron chi connectivity index (χ4n) is 2.18. The Kier molecular flexibility index (Phi) is 3.47. The lowest BCUT2D eigenvalue weighted by atomic mass is 10.1. The van der Waals surface area contributed by atoms with Gasteiger partial charge in [0.25, 0.3) is 5.89 Å². The molecule has 3 heterocycles. The molecule has 0 saturated carbocycles. The van der Waals surface area contributed by atoms with Crippen LogP contribution in [0, 0.1) is 13.8 Å². The Hall–Kier alpha value is -2.21. The maximum atomic E-state index is 6.02. The van der Waals surface area contributed by atoms with Crippen molar-refractivity contribution in [1.82, 2.24) is 15.1 Å².